The Morgan fingerprint density at radius 2 is 2.00 bits per heavy atom. The summed E-state index contributed by atoms with van der Waals surface area (Å²) in [4.78, 5) is 19.3. The summed E-state index contributed by atoms with van der Waals surface area (Å²) in [5, 5.41) is 10.2. The van der Waals surface area contributed by atoms with Crippen LogP contribution in [0.25, 0.3) is 11.1 Å². The third kappa shape index (κ3) is 6.60. The predicted octanol–water partition coefficient (Wildman–Crippen LogP) is 6.10. The van der Waals surface area contributed by atoms with Gasteiger partial charge in [-0.1, -0.05) is 18.6 Å². The number of halogens is 2. The zero-order valence-corrected chi connectivity index (χ0v) is 20.9. The molecule has 35 heavy (non-hydrogen) atoms. The summed E-state index contributed by atoms with van der Waals surface area (Å²) in [5.74, 6) is -3.13. The molecule has 6 nitrogen and oxygen atoms in total. The van der Waals surface area contributed by atoms with Gasteiger partial charge in [-0.2, -0.15) is 0 Å². The van der Waals surface area contributed by atoms with E-state index in [0.717, 1.165) is 52.5 Å². The summed E-state index contributed by atoms with van der Waals surface area (Å²) in [5.41, 5.74) is 2.54. The molecule has 2 aromatic heterocycles. The molecule has 0 spiro atoms. The number of benzene rings is 1. The molecule has 1 amide bonds. The Kier molecular flexibility index (Phi) is 8.05. The summed E-state index contributed by atoms with van der Waals surface area (Å²) in [7, 11) is 1.56. The Hall–Kier alpha value is -2.94. The van der Waals surface area contributed by atoms with Gasteiger partial charge in [-0.05, 0) is 55.5 Å². The van der Waals surface area contributed by atoms with Crippen LogP contribution >= 0.6 is 11.3 Å². The normalized spacial score (nSPS) is 16.9. The highest BCUT2D eigenvalue weighted by atomic mass is 32.1. The largest absolute Gasteiger partial charge is 0.481 e. The third-order valence-electron chi connectivity index (χ3n) is 6.29. The van der Waals surface area contributed by atoms with E-state index in [2.05, 4.69) is 15.2 Å². The molecule has 2 heterocycles. The van der Waals surface area contributed by atoms with Gasteiger partial charge in [0.1, 0.15) is 10.0 Å². The fourth-order valence-corrected chi connectivity index (χ4v) is 5.21. The van der Waals surface area contributed by atoms with Crippen molar-refractivity contribution in [2.45, 2.75) is 57.8 Å². The number of hydrogen-bond acceptors (Lipinski definition) is 6. The number of rotatable bonds is 10. The smallest absolute Gasteiger partial charge is 0.248 e. The van der Waals surface area contributed by atoms with E-state index in [1.54, 1.807) is 29.5 Å². The van der Waals surface area contributed by atoms with E-state index in [0.29, 0.717) is 12.4 Å². The maximum absolute atomic E-state index is 13.9. The monoisotopic (exact) mass is 500 g/mol. The van der Waals surface area contributed by atoms with Crippen molar-refractivity contribution in [3.8, 4) is 17.0 Å². The van der Waals surface area contributed by atoms with Crippen LogP contribution in [0.4, 0.5) is 14.5 Å². The SMILES string of the molecule is COc1cc(-c2cccc(N(CCCCCc3nnc(C)s3)C(=O)C3CCC(F)(F)C3)c2)ccn1. The molecule has 1 aliphatic rings. The van der Waals surface area contributed by atoms with E-state index in [1.165, 1.54) is 0 Å². The first-order chi connectivity index (χ1) is 16.8. The van der Waals surface area contributed by atoms with E-state index in [4.69, 9.17) is 4.74 Å². The fourth-order valence-electron chi connectivity index (χ4n) is 4.46. The van der Waals surface area contributed by atoms with Gasteiger partial charge in [0.15, 0.2) is 0 Å². The van der Waals surface area contributed by atoms with Crippen molar-refractivity contribution in [2.24, 2.45) is 5.92 Å². The summed E-state index contributed by atoms with van der Waals surface area (Å²) < 4.78 is 33.0. The van der Waals surface area contributed by atoms with Crippen LogP contribution in [0.2, 0.25) is 0 Å². The summed E-state index contributed by atoms with van der Waals surface area (Å²) in [6, 6.07) is 11.4. The first-order valence-corrected chi connectivity index (χ1v) is 12.7. The lowest BCUT2D eigenvalue weighted by Crippen LogP contribution is -2.36. The Balaban J connectivity index is 1.49. The molecular formula is C26H30F2N4O2S. The second-order valence-electron chi connectivity index (χ2n) is 8.95. The number of aromatic nitrogens is 3. The highest BCUT2D eigenvalue weighted by molar-refractivity contribution is 7.11. The van der Waals surface area contributed by atoms with Crippen molar-refractivity contribution < 1.29 is 18.3 Å². The maximum atomic E-state index is 13.9. The van der Waals surface area contributed by atoms with Gasteiger partial charge in [0.05, 0.1) is 7.11 Å². The van der Waals surface area contributed by atoms with Crippen molar-refractivity contribution in [2.75, 3.05) is 18.6 Å². The summed E-state index contributed by atoms with van der Waals surface area (Å²) in [6.07, 6.45) is 4.77. The minimum atomic E-state index is -2.76. The first kappa shape index (κ1) is 25.2. The molecule has 186 valence electrons. The zero-order valence-electron chi connectivity index (χ0n) is 20.0. The van der Waals surface area contributed by atoms with Crippen molar-refractivity contribution >= 4 is 22.9 Å². The van der Waals surface area contributed by atoms with Crippen molar-refractivity contribution in [3.63, 3.8) is 0 Å². The lowest BCUT2D eigenvalue weighted by Gasteiger charge is -2.26. The highest BCUT2D eigenvalue weighted by Gasteiger charge is 2.43. The van der Waals surface area contributed by atoms with Crippen molar-refractivity contribution in [3.05, 3.63) is 52.6 Å². The molecule has 1 aromatic carbocycles. The average Bonchev–Trinajstić information content (AvgIpc) is 3.45. The molecule has 1 unspecified atom stereocenters. The Labute approximate surface area is 208 Å². The number of carbonyl (C=O) groups is 1. The Bertz CT molecular complexity index is 1150. The molecule has 0 saturated heterocycles. The maximum Gasteiger partial charge on any atom is 0.248 e. The van der Waals surface area contributed by atoms with Crippen LogP contribution in [0.5, 0.6) is 5.88 Å². The Morgan fingerprint density at radius 3 is 2.71 bits per heavy atom. The molecule has 0 bridgehead atoms. The fraction of sp³-hybridized carbons (Fsp3) is 0.462. The van der Waals surface area contributed by atoms with Gasteiger partial charge >= 0.3 is 0 Å². The van der Waals surface area contributed by atoms with E-state index in [-0.39, 0.29) is 25.2 Å². The van der Waals surface area contributed by atoms with Gasteiger partial charge in [-0.3, -0.25) is 4.79 Å². The van der Waals surface area contributed by atoms with Gasteiger partial charge < -0.3 is 9.64 Å². The van der Waals surface area contributed by atoms with Crippen LogP contribution in [-0.2, 0) is 11.2 Å². The van der Waals surface area contributed by atoms with Crippen LogP contribution in [-0.4, -0.2) is 40.7 Å². The van der Waals surface area contributed by atoms with Gasteiger partial charge in [0.2, 0.25) is 17.7 Å². The van der Waals surface area contributed by atoms with Gasteiger partial charge in [0.25, 0.3) is 0 Å². The molecule has 1 saturated carbocycles. The lowest BCUT2D eigenvalue weighted by atomic mass is 10.0. The number of pyridine rings is 1. The van der Waals surface area contributed by atoms with Crippen molar-refractivity contribution in [1.29, 1.82) is 0 Å². The minimum Gasteiger partial charge on any atom is -0.481 e. The number of ether oxygens (including phenoxy) is 1. The molecule has 3 aromatic rings. The first-order valence-electron chi connectivity index (χ1n) is 11.9. The number of anilines is 1. The molecule has 9 heteroatoms. The molecule has 0 radical (unpaired) electrons. The summed E-state index contributed by atoms with van der Waals surface area (Å²) in [6.45, 7) is 2.42. The molecule has 0 N–H and O–H groups in total. The number of alkyl halides is 2. The second-order valence-corrected chi connectivity index (χ2v) is 10.2. The number of aryl methyl sites for hydroxylation is 2. The number of hydrogen-bond donors (Lipinski definition) is 0. The standard InChI is InChI=1S/C26H30F2N4O2S/c1-18-30-31-24(35-18)9-4-3-5-14-32(25(33)21-10-12-26(27,28)17-21)22-8-6-7-19(15-22)20-11-13-29-23(16-20)34-2/h6-8,11,13,15-16,21H,3-5,9-10,12,14,17H2,1-2H3. The lowest BCUT2D eigenvalue weighted by molar-refractivity contribution is -0.123. The molecule has 4 rings (SSSR count). The number of nitrogens with zero attached hydrogens (tertiary/aromatic N) is 4. The van der Waals surface area contributed by atoms with Gasteiger partial charge in [-0.15, -0.1) is 21.5 Å². The van der Waals surface area contributed by atoms with Gasteiger partial charge in [0, 0.05) is 49.7 Å². The molecule has 1 aliphatic carbocycles. The molecule has 0 aliphatic heterocycles. The highest BCUT2D eigenvalue weighted by Crippen LogP contribution is 2.40. The quantitative estimate of drug-likeness (QED) is 0.315. The van der Waals surface area contributed by atoms with Crippen LogP contribution in [0, 0.1) is 12.8 Å². The number of methoxy groups -OCH3 is 1. The van der Waals surface area contributed by atoms with E-state index >= 15 is 0 Å². The van der Waals surface area contributed by atoms with Crippen LogP contribution in [0.1, 0.15) is 48.5 Å². The van der Waals surface area contributed by atoms with Gasteiger partial charge in [-0.25, -0.2) is 13.8 Å². The van der Waals surface area contributed by atoms with E-state index in [1.807, 2.05) is 43.3 Å². The predicted molar refractivity (Wildman–Crippen MR) is 133 cm³/mol. The number of amides is 1. The molecule has 1 atom stereocenters. The topological polar surface area (TPSA) is 68.2 Å². The summed E-state index contributed by atoms with van der Waals surface area (Å²) >= 11 is 1.60. The van der Waals surface area contributed by atoms with E-state index in [9.17, 15) is 13.6 Å². The average molecular weight is 501 g/mol. The zero-order chi connectivity index (χ0) is 24.8. The van der Waals surface area contributed by atoms with Crippen molar-refractivity contribution in [1.82, 2.24) is 15.2 Å². The number of carbonyl (C=O) groups excluding carboxylic acids is 1. The molecule has 1 fully saturated rings. The molecular weight excluding hydrogens is 470 g/mol. The van der Waals surface area contributed by atoms with Crippen LogP contribution < -0.4 is 9.64 Å². The Morgan fingerprint density at radius 1 is 1.17 bits per heavy atom. The minimum absolute atomic E-state index is 0.216. The second kappa shape index (κ2) is 11.2. The van der Waals surface area contributed by atoms with Crippen LogP contribution in [0.3, 0.4) is 0 Å². The van der Waals surface area contributed by atoms with Crippen LogP contribution in [0.15, 0.2) is 42.6 Å². The van der Waals surface area contributed by atoms with E-state index < -0.39 is 11.8 Å². The third-order valence-corrected chi connectivity index (χ3v) is 7.19. The number of unbranched alkanes of at least 4 members (excludes halogenated alkanes) is 2.